The maximum Gasteiger partial charge on any atom is 0.291 e. The lowest BCUT2D eigenvalue weighted by atomic mass is 10.1. The molecule has 1 fully saturated rings. The number of likely N-dealkylation sites (tertiary alicyclic amines) is 1. The SMILES string of the molecule is Nc1ccccc1NC(=O)c1cc2cc(OCCN3CCCCC3)ccc2o1. The number of benzene rings is 2. The van der Waals surface area contributed by atoms with Gasteiger partial charge in [-0.05, 0) is 62.3 Å². The molecule has 1 aromatic heterocycles. The Labute approximate surface area is 164 Å². The lowest BCUT2D eigenvalue weighted by Gasteiger charge is -2.26. The zero-order valence-electron chi connectivity index (χ0n) is 15.8. The van der Waals surface area contributed by atoms with Crippen molar-refractivity contribution in [1.29, 1.82) is 0 Å². The van der Waals surface area contributed by atoms with Gasteiger partial charge in [0.15, 0.2) is 5.76 Å². The molecule has 0 radical (unpaired) electrons. The smallest absolute Gasteiger partial charge is 0.291 e. The summed E-state index contributed by atoms with van der Waals surface area (Å²) < 4.78 is 11.6. The van der Waals surface area contributed by atoms with E-state index in [9.17, 15) is 4.79 Å². The van der Waals surface area contributed by atoms with E-state index in [1.54, 1.807) is 18.2 Å². The minimum atomic E-state index is -0.332. The van der Waals surface area contributed by atoms with Gasteiger partial charge in [0.2, 0.25) is 0 Å². The summed E-state index contributed by atoms with van der Waals surface area (Å²) in [5.41, 5.74) is 7.60. The van der Waals surface area contributed by atoms with E-state index in [1.165, 1.54) is 19.3 Å². The molecule has 6 nitrogen and oxygen atoms in total. The predicted molar refractivity (Wildman–Crippen MR) is 111 cm³/mol. The molecule has 2 aromatic carbocycles. The van der Waals surface area contributed by atoms with E-state index >= 15 is 0 Å². The van der Waals surface area contributed by atoms with Crippen molar-refractivity contribution < 1.29 is 13.9 Å². The van der Waals surface area contributed by atoms with Gasteiger partial charge in [0.1, 0.15) is 17.9 Å². The molecule has 1 saturated heterocycles. The molecule has 3 aromatic rings. The molecule has 2 heterocycles. The summed E-state index contributed by atoms with van der Waals surface area (Å²) in [5, 5.41) is 3.61. The highest BCUT2D eigenvalue weighted by molar-refractivity contribution is 6.06. The monoisotopic (exact) mass is 379 g/mol. The van der Waals surface area contributed by atoms with Crippen LogP contribution in [0.3, 0.4) is 0 Å². The lowest BCUT2D eigenvalue weighted by Crippen LogP contribution is -2.33. The number of nitrogens with two attached hydrogens (primary N) is 1. The number of anilines is 2. The van der Waals surface area contributed by atoms with Gasteiger partial charge in [-0.2, -0.15) is 0 Å². The van der Waals surface area contributed by atoms with Crippen LogP contribution >= 0.6 is 0 Å². The first kappa shape index (κ1) is 18.4. The average molecular weight is 379 g/mol. The van der Waals surface area contributed by atoms with Gasteiger partial charge in [-0.3, -0.25) is 9.69 Å². The molecule has 0 bridgehead atoms. The first-order chi connectivity index (χ1) is 13.7. The third kappa shape index (κ3) is 4.28. The standard InChI is InChI=1S/C22H25N3O3/c23-18-6-2-3-7-19(18)24-22(26)21-15-16-14-17(8-9-20(16)28-21)27-13-12-25-10-4-1-5-11-25/h2-3,6-9,14-15H,1,4-5,10-13,23H2,(H,24,26). The Kier molecular flexibility index (Phi) is 5.48. The lowest BCUT2D eigenvalue weighted by molar-refractivity contribution is 0.0999. The number of carbonyl (C=O) groups is 1. The van der Waals surface area contributed by atoms with E-state index in [0.29, 0.717) is 23.6 Å². The number of piperidine rings is 1. The Morgan fingerprint density at radius 1 is 1.11 bits per heavy atom. The largest absolute Gasteiger partial charge is 0.492 e. The van der Waals surface area contributed by atoms with E-state index in [1.807, 2.05) is 30.3 Å². The van der Waals surface area contributed by atoms with Crippen molar-refractivity contribution in [3.05, 3.63) is 54.3 Å². The second-order valence-electron chi connectivity index (χ2n) is 7.10. The normalized spacial score (nSPS) is 14.9. The number of para-hydroxylation sites is 2. The third-order valence-corrected chi connectivity index (χ3v) is 5.05. The van der Waals surface area contributed by atoms with Crippen LogP contribution in [0.15, 0.2) is 52.9 Å². The average Bonchev–Trinajstić information content (AvgIpc) is 3.14. The van der Waals surface area contributed by atoms with Crippen LogP contribution in [0.4, 0.5) is 11.4 Å². The van der Waals surface area contributed by atoms with Crippen molar-refractivity contribution in [3.63, 3.8) is 0 Å². The number of furan rings is 1. The van der Waals surface area contributed by atoms with Gasteiger partial charge < -0.3 is 20.2 Å². The molecule has 1 aliphatic rings. The number of rotatable bonds is 6. The summed E-state index contributed by atoms with van der Waals surface area (Å²) in [6.45, 7) is 3.92. The minimum Gasteiger partial charge on any atom is -0.492 e. The van der Waals surface area contributed by atoms with Crippen molar-refractivity contribution in [2.75, 3.05) is 37.3 Å². The number of carbonyl (C=O) groups excluding carboxylic acids is 1. The third-order valence-electron chi connectivity index (χ3n) is 5.05. The first-order valence-electron chi connectivity index (χ1n) is 9.74. The number of nitrogens with one attached hydrogen (secondary N) is 1. The zero-order valence-corrected chi connectivity index (χ0v) is 15.8. The molecule has 0 unspecified atom stereocenters. The van der Waals surface area contributed by atoms with E-state index in [0.717, 1.165) is 30.8 Å². The van der Waals surface area contributed by atoms with Gasteiger partial charge in [-0.1, -0.05) is 18.6 Å². The van der Waals surface area contributed by atoms with Crippen molar-refractivity contribution in [2.45, 2.75) is 19.3 Å². The second-order valence-corrected chi connectivity index (χ2v) is 7.10. The molecule has 146 valence electrons. The summed E-state index contributed by atoms with van der Waals surface area (Å²) in [7, 11) is 0. The van der Waals surface area contributed by atoms with Gasteiger partial charge in [-0.15, -0.1) is 0 Å². The summed E-state index contributed by atoms with van der Waals surface area (Å²) in [4.78, 5) is 14.9. The van der Waals surface area contributed by atoms with Crippen molar-refractivity contribution in [3.8, 4) is 5.75 Å². The van der Waals surface area contributed by atoms with Gasteiger partial charge in [0, 0.05) is 11.9 Å². The molecular formula is C22H25N3O3. The number of hydrogen-bond donors (Lipinski definition) is 2. The molecule has 0 spiro atoms. The molecule has 1 amide bonds. The van der Waals surface area contributed by atoms with E-state index in [2.05, 4.69) is 10.2 Å². The maximum atomic E-state index is 12.5. The number of fused-ring (bicyclic) bond motifs is 1. The van der Waals surface area contributed by atoms with Crippen LogP contribution < -0.4 is 15.8 Å². The molecule has 0 atom stereocenters. The maximum absolute atomic E-state index is 12.5. The number of nitrogen functional groups attached to an aromatic ring is 1. The highest BCUT2D eigenvalue weighted by Gasteiger charge is 2.14. The molecule has 0 saturated carbocycles. The molecule has 3 N–H and O–H groups in total. The second kappa shape index (κ2) is 8.35. The molecule has 4 rings (SSSR count). The minimum absolute atomic E-state index is 0.240. The van der Waals surface area contributed by atoms with Crippen LogP contribution in [-0.2, 0) is 0 Å². The Hall–Kier alpha value is -2.99. The fourth-order valence-corrected chi connectivity index (χ4v) is 3.49. The molecular weight excluding hydrogens is 354 g/mol. The summed E-state index contributed by atoms with van der Waals surface area (Å²) in [6, 6.07) is 14.5. The summed E-state index contributed by atoms with van der Waals surface area (Å²) in [6.07, 6.45) is 3.89. The van der Waals surface area contributed by atoms with Crippen molar-refractivity contribution in [2.24, 2.45) is 0 Å². The van der Waals surface area contributed by atoms with E-state index < -0.39 is 0 Å². The Balaban J connectivity index is 1.39. The quantitative estimate of drug-likeness (QED) is 0.630. The van der Waals surface area contributed by atoms with Crippen LogP contribution in [0.2, 0.25) is 0 Å². The molecule has 0 aliphatic carbocycles. The van der Waals surface area contributed by atoms with Gasteiger partial charge in [0.25, 0.3) is 5.91 Å². The van der Waals surface area contributed by atoms with E-state index in [-0.39, 0.29) is 11.7 Å². The number of amides is 1. The van der Waals surface area contributed by atoms with Gasteiger partial charge >= 0.3 is 0 Å². The molecule has 6 heteroatoms. The van der Waals surface area contributed by atoms with Crippen molar-refractivity contribution in [1.82, 2.24) is 4.90 Å². The van der Waals surface area contributed by atoms with Crippen LogP contribution in [0.1, 0.15) is 29.8 Å². The van der Waals surface area contributed by atoms with Gasteiger partial charge in [-0.25, -0.2) is 0 Å². The van der Waals surface area contributed by atoms with Crippen molar-refractivity contribution >= 4 is 28.3 Å². The predicted octanol–water partition coefficient (Wildman–Crippen LogP) is 4.13. The van der Waals surface area contributed by atoms with Crippen LogP contribution in [0, 0.1) is 0 Å². The number of nitrogens with zero attached hydrogens (tertiary/aromatic N) is 1. The Morgan fingerprint density at radius 2 is 1.93 bits per heavy atom. The Morgan fingerprint density at radius 3 is 2.75 bits per heavy atom. The number of hydrogen-bond acceptors (Lipinski definition) is 5. The van der Waals surface area contributed by atoms with E-state index in [4.69, 9.17) is 14.9 Å². The fraction of sp³-hybridized carbons (Fsp3) is 0.318. The summed E-state index contributed by atoms with van der Waals surface area (Å²) >= 11 is 0. The summed E-state index contributed by atoms with van der Waals surface area (Å²) in [5.74, 6) is 0.690. The highest BCUT2D eigenvalue weighted by Crippen LogP contribution is 2.26. The number of ether oxygens (including phenoxy) is 1. The van der Waals surface area contributed by atoms with Crippen LogP contribution in [0.5, 0.6) is 5.75 Å². The van der Waals surface area contributed by atoms with Crippen LogP contribution in [0.25, 0.3) is 11.0 Å². The Bertz CT molecular complexity index is 961. The fourth-order valence-electron chi connectivity index (χ4n) is 3.49. The molecule has 1 aliphatic heterocycles. The molecule has 28 heavy (non-hydrogen) atoms. The highest BCUT2D eigenvalue weighted by atomic mass is 16.5. The first-order valence-corrected chi connectivity index (χ1v) is 9.74. The zero-order chi connectivity index (χ0) is 19.3. The van der Waals surface area contributed by atoms with Crippen LogP contribution in [-0.4, -0.2) is 37.0 Å². The van der Waals surface area contributed by atoms with Gasteiger partial charge in [0.05, 0.1) is 11.4 Å². The topological polar surface area (TPSA) is 80.7 Å².